The molecule has 1 atom stereocenters. The highest BCUT2D eigenvalue weighted by Crippen LogP contribution is 2.08. The molecule has 12 heavy (non-hydrogen) atoms. The minimum absolute atomic E-state index is 0.685. The molecule has 1 saturated heterocycles. The second kappa shape index (κ2) is 6.44. The Balaban J connectivity index is 0.000000561. The summed E-state index contributed by atoms with van der Waals surface area (Å²) in [7, 11) is 2.21. The number of likely N-dealkylation sites (N-methyl/N-ethyl adjacent to an activating group) is 1. The van der Waals surface area contributed by atoms with Crippen molar-refractivity contribution in [2.45, 2.75) is 46.2 Å². The monoisotopic (exact) mass is 172 g/mol. The van der Waals surface area contributed by atoms with Crippen LogP contribution in [0, 0.1) is 0 Å². The lowest BCUT2D eigenvalue weighted by Gasteiger charge is -2.27. The van der Waals surface area contributed by atoms with E-state index in [9.17, 15) is 0 Å². The molecule has 2 nitrogen and oxygen atoms in total. The van der Waals surface area contributed by atoms with Crippen LogP contribution in [0.4, 0.5) is 0 Å². The maximum Gasteiger partial charge on any atom is 0.0232 e. The molecule has 1 aliphatic heterocycles. The average Bonchev–Trinajstić information content (AvgIpc) is 2.58. The summed E-state index contributed by atoms with van der Waals surface area (Å²) in [6, 6.07) is 1.46. The fourth-order valence-electron chi connectivity index (χ4n) is 1.41. The minimum Gasteiger partial charge on any atom is -0.315 e. The molecule has 1 heterocycles. The minimum atomic E-state index is 0.685. The molecule has 0 radical (unpaired) electrons. The molecule has 2 heteroatoms. The van der Waals surface area contributed by atoms with Crippen LogP contribution in [0.2, 0.25) is 0 Å². The van der Waals surface area contributed by atoms with Crippen molar-refractivity contribution in [3.8, 4) is 0 Å². The van der Waals surface area contributed by atoms with Crippen molar-refractivity contribution in [3.63, 3.8) is 0 Å². The molecule has 0 bridgehead atoms. The fourth-order valence-corrected chi connectivity index (χ4v) is 1.41. The molecule has 0 spiro atoms. The van der Waals surface area contributed by atoms with Crippen LogP contribution >= 0.6 is 0 Å². The average molecular weight is 172 g/mol. The molecule has 0 aromatic heterocycles. The Kier molecular flexibility index (Phi) is 6.39. The van der Waals surface area contributed by atoms with E-state index >= 15 is 0 Å². The van der Waals surface area contributed by atoms with Gasteiger partial charge in [-0.05, 0) is 33.9 Å². The van der Waals surface area contributed by atoms with Crippen LogP contribution in [-0.2, 0) is 0 Å². The first-order valence-electron chi connectivity index (χ1n) is 5.14. The number of nitrogens with zero attached hydrogens (tertiary/aromatic N) is 1. The lowest BCUT2D eigenvalue weighted by molar-refractivity contribution is 0.208. The van der Waals surface area contributed by atoms with E-state index in [1.54, 1.807) is 0 Å². The molecule has 0 aliphatic carbocycles. The summed E-state index contributed by atoms with van der Waals surface area (Å²) in [5.41, 5.74) is 0. The molecular formula is C10H24N2. The molecular weight excluding hydrogens is 148 g/mol. The second-order valence-corrected chi connectivity index (χ2v) is 3.41. The highest BCUT2D eigenvalue weighted by molar-refractivity contribution is 4.79. The summed E-state index contributed by atoms with van der Waals surface area (Å²) in [5, 5.41) is 3.37. The Morgan fingerprint density at radius 3 is 2.25 bits per heavy atom. The Hall–Kier alpha value is -0.0800. The van der Waals surface area contributed by atoms with Crippen LogP contribution in [-0.4, -0.2) is 37.1 Å². The molecule has 1 aliphatic rings. The highest BCUT2D eigenvalue weighted by Gasteiger charge is 2.20. The van der Waals surface area contributed by atoms with Crippen LogP contribution in [0.25, 0.3) is 0 Å². The van der Waals surface area contributed by atoms with E-state index in [0.29, 0.717) is 6.04 Å². The van der Waals surface area contributed by atoms with Crippen molar-refractivity contribution in [2.75, 3.05) is 20.1 Å². The number of hydrogen-bond donors (Lipinski definition) is 1. The van der Waals surface area contributed by atoms with Gasteiger partial charge in [0.2, 0.25) is 0 Å². The van der Waals surface area contributed by atoms with Crippen molar-refractivity contribution in [1.82, 2.24) is 10.2 Å². The maximum absolute atomic E-state index is 3.37. The third kappa shape index (κ3) is 3.55. The molecule has 0 amide bonds. The van der Waals surface area contributed by atoms with Crippen LogP contribution in [0.15, 0.2) is 0 Å². The molecule has 0 aromatic rings. The zero-order valence-electron chi connectivity index (χ0n) is 9.22. The number of hydrogen-bond acceptors (Lipinski definition) is 2. The van der Waals surface area contributed by atoms with E-state index in [4.69, 9.17) is 0 Å². The largest absolute Gasteiger partial charge is 0.315 e. The van der Waals surface area contributed by atoms with Crippen molar-refractivity contribution < 1.29 is 0 Å². The smallest absolute Gasteiger partial charge is 0.0232 e. The van der Waals surface area contributed by atoms with Crippen LogP contribution in [0.5, 0.6) is 0 Å². The van der Waals surface area contributed by atoms with Crippen molar-refractivity contribution >= 4 is 0 Å². The highest BCUT2D eigenvalue weighted by atomic mass is 15.2. The first-order chi connectivity index (χ1) is 5.72. The van der Waals surface area contributed by atoms with E-state index in [1.807, 2.05) is 13.8 Å². The Bertz CT molecular complexity index is 96.0. The predicted octanol–water partition coefficient (Wildman–Crippen LogP) is 1.71. The van der Waals surface area contributed by atoms with Gasteiger partial charge in [-0.15, -0.1) is 0 Å². The van der Waals surface area contributed by atoms with Crippen molar-refractivity contribution in [1.29, 1.82) is 0 Å². The van der Waals surface area contributed by atoms with Crippen LogP contribution in [0.1, 0.15) is 34.1 Å². The van der Waals surface area contributed by atoms with Gasteiger partial charge in [-0.2, -0.15) is 0 Å². The van der Waals surface area contributed by atoms with Gasteiger partial charge in [-0.25, -0.2) is 0 Å². The van der Waals surface area contributed by atoms with Gasteiger partial charge in [0, 0.05) is 18.6 Å². The van der Waals surface area contributed by atoms with Crippen LogP contribution in [0.3, 0.4) is 0 Å². The zero-order chi connectivity index (χ0) is 9.56. The molecule has 0 aromatic carbocycles. The maximum atomic E-state index is 3.37. The van der Waals surface area contributed by atoms with Gasteiger partial charge in [0.1, 0.15) is 0 Å². The van der Waals surface area contributed by atoms with E-state index in [1.165, 1.54) is 19.5 Å². The summed E-state index contributed by atoms with van der Waals surface area (Å²) >= 11 is 0. The Morgan fingerprint density at radius 2 is 1.92 bits per heavy atom. The normalized spacial score (nSPS) is 22.8. The summed E-state index contributed by atoms with van der Waals surface area (Å²) in [6.45, 7) is 10.9. The lowest BCUT2D eigenvalue weighted by atomic mass is 10.2. The molecule has 1 rings (SSSR count). The molecule has 0 saturated carbocycles. The van der Waals surface area contributed by atoms with E-state index < -0.39 is 0 Å². The third-order valence-corrected chi connectivity index (χ3v) is 2.42. The number of nitrogens with one attached hydrogen (secondary N) is 1. The third-order valence-electron chi connectivity index (χ3n) is 2.42. The lowest BCUT2D eigenvalue weighted by Crippen LogP contribution is -2.38. The van der Waals surface area contributed by atoms with Gasteiger partial charge in [0.25, 0.3) is 0 Å². The van der Waals surface area contributed by atoms with Crippen molar-refractivity contribution in [2.24, 2.45) is 0 Å². The van der Waals surface area contributed by atoms with E-state index in [0.717, 1.165) is 6.04 Å². The second-order valence-electron chi connectivity index (χ2n) is 3.41. The summed E-state index contributed by atoms with van der Waals surface area (Å²) in [5.74, 6) is 0. The van der Waals surface area contributed by atoms with Gasteiger partial charge >= 0.3 is 0 Å². The Labute approximate surface area is 77.3 Å². The summed E-state index contributed by atoms with van der Waals surface area (Å²) in [6.07, 6.45) is 1.31. The quantitative estimate of drug-likeness (QED) is 0.682. The molecule has 74 valence electrons. The van der Waals surface area contributed by atoms with Gasteiger partial charge in [-0.1, -0.05) is 13.8 Å². The summed E-state index contributed by atoms with van der Waals surface area (Å²) in [4.78, 5) is 2.44. The predicted molar refractivity (Wildman–Crippen MR) is 55.5 cm³/mol. The van der Waals surface area contributed by atoms with Gasteiger partial charge < -0.3 is 5.32 Å². The zero-order valence-corrected chi connectivity index (χ0v) is 9.22. The van der Waals surface area contributed by atoms with Gasteiger partial charge in [0.05, 0.1) is 0 Å². The molecule has 1 N–H and O–H groups in total. The Morgan fingerprint density at radius 1 is 1.33 bits per heavy atom. The van der Waals surface area contributed by atoms with E-state index in [2.05, 4.69) is 31.1 Å². The first-order valence-corrected chi connectivity index (χ1v) is 5.14. The fraction of sp³-hybridized carbons (Fsp3) is 1.00. The molecule has 1 fully saturated rings. The summed E-state index contributed by atoms with van der Waals surface area (Å²) < 4.78 is 0. The van der Waals surface area contributed by atoms with Crippen molar-refractivity contribution in [3.05, 3.63) is 0 Å². The van der Waals surface area contributed by atoms with Crippen LogP contribution < -0.4 is 5.32 Å². The van der Waals surface area contributed by atoms with Gasteiger partial charge in [0.15, 0.2) is 0 Å². The van der Waals surface area contributed by atoms with Gasteiger partial charge in [-0.3, -0.25) is 4.90 Å². The topological polar surface area (TPSA) is 15.3 Å². The SMILES string of the molecule is CC.CC(C)N(C)C1CCNC1. The number of rotatable bonds is 2. The first kappa shape index (κ1) is 11.9. The standard InChI is InChI=1S/C8H18N2.C2H6/c1-7(2)10(3)8-4-5-9-6-8;1-2/h7-9H,4-6H2,1-3H3;1-2H3. The molecule has 1 unspecified atom stereocenters. The van der Waals surface area contributed by atoms with E-state index in [-0.39, 0.29) is 0 Å².